The standard InChI is InChI=1S/C6H10N2S2.2BrH/c7-1-2-9-3-6-4-10-5-8-6;;/h4-5H,1-3,7H2;2*1H. The summed E-state index contributed by atoms with van der Waals surface area (Å²) in [5.74, 6) is 2.03. The smallest absolute Gasteiger partial charge is 0.0795 e. The van der Waals surface area contributed by atoms with E-state index in [-0.39, 0.29) is 34.0 Å². The summed E-state index contributed by atoms with van der Waals surface area (Å²) in [5.41, 5.74) is 8.36. The van der Waals surface area contributed by atoms with Crippen molar-refractivity contribution < 1.29 is 0 Å². The highest BCUT2D eigenvalue weighted by Crippen LogP contribution is 2.10. The van der Waals surface area contributed by atoms with Gasteiger partial charge in [0.2, 0.25) is 0 Å². The number of hydrogen-bond acceptors (Lipinski definition) is 4. The van der Waals surface area contributed by atoms with Crippen LogP contribution in [-0.4, -0.2) is 17.3 Å². The van der Waals surface area contributed by atoms with E-state index in [2.05, 4.69) is 10.4 Å². The fourth-order valence-electron chi connectivity index (χ4n) is 0.569. The van der Waals surface area contributed by atoms with E-state index in [9.17, 15) is 0 Å². The summed E-state index contributed by atoms with van der Waals surface area (Å²) in [6.45, 7) is 0.759. The van der Waals surface area contributed by atoms with Crippen molar-refractivity contribution in [3.8, 4) is 0 Å². The van der Waals surface area contributed by atoms with Gasteiger partial charge in [0.15, 0.2) is 0 Å². The van der Waals surface area contributed by atoms with Crippen LogP contribution in [0.15, 0.2) is 10.9 Å². The van der Waals surface area contributed by atoms with Gasteiger partial charge in [0.1, 0.15) is 0 Å². The normalized spacial score (nSPS) is 8.42. The molecule has 0 aromatic carbocycles. The molecule has 0 saturated heterocycles. The van der Waals surface area contributed by atoms with Gasteiger partial charge in [-0.2, -0.15) is 11.8 Å². The number of nitrogens with two attached hydrogens (primary N) is 1. The molecule has 2 N–H and O–H groups in total. The van der Waals surface area contributed by atoms with Crippen LogP contribution in [-0.2, 0) is 5.75 Å². The second-order valence-corrected chi connectivity index (χ2v) is 3.64. The molecule has 0 fully saturated rings. The lowest BCUT2D eigenvalue weighted by Gasteiger charge is -1.93. The van der Waals surface area contributed by atoms with Crippen LogP contribution in [0.5, 0.6) is 0 Å². The molecule has 0 atom stereocenters. The fourth-order valence-corrected chi connectivity index (χ4v) is 1.91. The molecule has 0 aliphatic rings. The highest BCUT2D eigenvalue weighted by Gasteiger charge is 1.92. The molecule has 0 amide bonds. The second kappa shape index (κ2) is 9.98. The zero-order chi connectivity index (χ0) is 7.23. The SMILES string of the molecule is Br.Br.NCCSCc1cscn1. The molecule has 1 aromatic rings. The topological polar surface area (TPSA) is 38.9 Å². The maximum absolute atomic E-state index is 5.33. The predicted molar refractivity (Wildman–Crippen MR) is 68.0 cm³/mol. The van der Waals surface area contributed by atoms with Gasteiger partial charge in [0, 0.05) is 23.4 Å². The molecule has 1 aromatic heterocycles. The molecular weight excluding hydrogens is 324 g/mol. The van der Waals surface area contributed by atoms with Crippen molar-refractivity contribution in [3.63, 3.8) is 0 Å². The van der Waals surface area contributed by atoms with Gasteiger partial charge in [0.25, 0.3) is 0 Å². The Balaban J connectivity index is 0. The average molecular weight is 336 g/mol. The van der Waals surface area contributed by atoms with Gasteiger partial charge >= 0.3 is 0 Å². The number of thiazole rings is 1. The molecule has 0 aliphatic heterocycles. The zero-order valence-electron chi connectivity index (χ0n) is 6.43. The Morgan fingerprint density at radius 3 is 2.75 bits per heavy atom. The van der Waals surface area contributed by atoms with Crippen molar-refractivity contribution in [2.24, 2.45) is 5.73 Å². The quantitative estimate of drug-likeness (QED) is 0.859. The first kappa shape index (κ1) is 15.4. The van der Waals surface area contributed by atoms with Gasteiger partial charge in [-0.25, -0.2) is 4.98 Å². The minimum absolute atomic E-state index is 0. The Labute approximate surface area is 102 Å². The molecule has 0 aliphatic carbocycles. The molecular formula is C6H12Br2N2S2. The van der Waals surface area contributed by atoms with Crippen LogP contribution in [0, 0.1) is 0 Å². The number of aromatic nitrogens is 1. The Hall–Kier alpha value is 0.900. The summed E-state index contributed by atoms with van der Waals surface area (Å²) in [5, 5.41) is 2.07. The number of rotatable bonds is 4. The summed E-state index contributed by atoms with van der Waals surface area (Å²) >= 11 is 3.47. The van der Waals surface area contributed by atoms with Gasteiger partial charge in [-0.15, -0.1) is 45.3 Å². The van der Waals surface area contributed by atoms with Crippen LogP contribution in [0.4, 0.5) is 0 Å². The monoisotopic (exact) mass is 334 g/mol. The first-order valence-corrected chi connectivity index (χ1v) is 5.18. The number of nitrogens with zero attached hydrogens (tertiary/aromatic N) is 1. The van der Waals surface area contributed by atoms with Crippen LogP contribution in [0.3, 0.4) is 0 Å². The summed E-state index contributed by atoms with van der Waals surface area (Å²) in [4.78, 5) is 4.14. The minimum atomic E-state index is 0. The third-order valence-corrected chi connectivity index (χ3v) is 2.66. The first-order valence-electron chi connectivity index (χ1n) is 3.08. The first-order chi connectivity index (χ1) is 4.93. The summed E-state index contributed by atoms with van der Waals surface area (Å²) in [6, 6.07) is 0. The lowest BCUT2D eigenvalue weighted by atomic mass is 10.6. The van der Waals surface area contributed by atoms with Crippen LogP contribution in [0.2, 0.25) is 0 Å². The van der Waals surface area contributed by atoms with Gasteiger partial charge in [-0.05, 0) is 0 Å². The van der Waals surface area contributed by atoms with Crippen molar-refractivity contribution in [3.05, 3.63) is 16.6 Å². The Kier molecular flexibility index (Phi) is 12.8. The van der Waals surface area contributed by atoms with E-state index in [1.165, 1.54) is 5.69 Å². The molecule has 12 heavy (non-hydrogen) atoms. The van der Waals surface area contributed by atoms with Gasteiger partial charge in [-0.1, -0.05) is 0 Å². The number of thioether (sulfide) groups is 1. The Morgan fingerprint density at radius 1 is 1.50 bits per heavy atom. The fraction of sp³-hybridized carbons (Fsp3) is 0.500. The van der Waals surface area contributed by atoms with Crippen LogP contribution in [0.1, 0.15) is 5.69 Å². The maximum atomic E-state index is 5.33. The molecule has 6 heteroatoms. The van der Waals surface area contributed by atoms with E-state index < -0.39 is 0 Å². The lowest BCUT2D eigenvalue weighted by molar-refractivity contribution is 1.14. The molecule has 0 radical (unpaired) electrons. The third kappa shape index (κ3) is 6.42. The van der Waals surface area contributed by atoms with Gasteiger partial charge < -0.3 is 5.73 Å². The van der Waals surface area contributed by atoms with E-state index in [1.54, 1.807) is 11.3 Å². The van der Waals surface area contributed by atoms with Crippen molar-refractivity contribution in [2.75, 3.05) is 12.3 Å². The molecule has 0 saturated carbocycles. The van der Waals surface area contributed by atoms with E-state index in [0.717, 1.165) is 18.1 Å². The van der Waals surface area contributed by atoms with Crippen LogP contribution in [0.25, 0.3) is 0 Å². The molecule has 72 valence electrons. The molecule has 2 nitrogen and oxygen atoms in total. The van der Waals surface area contributed by atoms with Gasteiger partial charge in [0.05, 0.1) is 11.2 Å². The largest absolute Gasteiger partial charge is 0.330 e. The molecule has 0 unspecified atom stereocenters. The van der Waals surface area contributed by atoms with E-state index >= 15 is 0 Å². The second-order valence-electron chi connectivity index (χ2n) is 1.82. The molecule has 1 rings (SSSR count). The van der Waals surface area contributed by atoms with Crippen molar-refractivity contribution in [2.45, 2.75) is 5.75 Å². The average Bonchev–Trinajstić information content (AvgIpc) is 2.41. The lowest BCUT2D eigenvalue weighted by Crippen LogP contribution is -2.01. The third-order valence-electron chi connectivity index (χ3n) is 0.996. The van der Waals surface area contributed by atoms with Crippen LogP contribution >= 0.6 is 57.1 Å². The highest BCUT2D eigenvalue weighted by molar-refractivity contribution is 8.93. The van der Waals surface area contributed by atoms with E-state index in [1.807, 2.05) is 17.3 Å². The zero-order valence-corrected chi connectivity index (χ0v) is 11.5. The summed E-state index contributed by atoms with van der Waals surface area (Å²) in [6.07, 6.45) is 0. The van der Waals surface area contributed by atoms with E-state index in [4.69, 9.17) is 5.73 Å². The van der Waals surface area contributed by atoms with Crippen LogP contribution < -0.4 is 5.73 Å². The Morgan fingerprint density at radius 2 is 2.25 bits per heavy atom. The predicted octanol–water partition coefficient (Wildman–Crippen LogP) is 2.49. The number of hydrogen-bond donors (Lipinski definition) is 1. The highest BCUT2D eigenvalue weighted by atomic mass is 79.9. The van der Waals surface area contributed by atoms with Crippen molar-refractivity contribution in [1.82, 2.24) is 4.98 Å². The molecule has 1 heterocycles. The molecule has 0 bridgehead atoms. The van der Waals surface area contributed by atoms with Crippen molar-refractivity contribution >= 4 is 57.1 Å². The minimum Gasteiger partial charge on any atom is -0.330 e. The van der Waals surface area contributed by atoms with Crippen molar-refractivity contribution in [1.29, 1.82) is 0 Å². The Bertz CT molecular complexity index is 170. The molecule has 0 spiro atoms. The number of halogens is 2. The maximum Gasteiger partial charge on any atom is 0.0795 e. The summed E-state index contributed by atoms with van der Waals surface area (Å²) in [7, 11) is 0. The van der Waals surface area contributed by atoms with Gasteiger partial charge in [-0.3, -0.25) is 0 Å². The van der Waals surface area contributed by atoms with E-state index in [0.29, 0.717) is 0 Å². The summed E-state index contributed by atoms with van der Waals surface area (Å²) < 4.78 is 0.